The van der Waals surface area contributed by atoms with Crippen molar-refractivity contribution >= 4 is 17.6 Å². The zero-order valence-electron chi connectivity index (χ0n) is 13.4. The number of carbonyl (C=O) groups excluding carboxylic acids is 1. The van der Waals surface area contributed by atoms with Crippen molar-refractivity contribution in [3.63, 3.8) is 0 Å². The number of esters is 1. The molecule has 0 radical (unpaired) electrons. The predicted octanol–water partition coefficient (Wildman–Crippen LogP) is 4.52. The molecule has 0 aliphatic carbocycles. The van der Waals surface area contributed by atoms with Gasteiger partial charge in [0.15, 0.2) is 0 Å². The first-order valence-electron chi connectivity index (χ1n) is 7.58. The molecule has 23 heavy (non-hydrogen) atoms. The lowest BCUT2D eigenvalue weighted by molar-refractivity contribution is -0.140. The summed E-state index contributed by atoms with van der Waals surface area (Å²) in [4.78, 5) is 11.1. The van der Waals surface area contributed by atoms with Gasteiger partial charge in [-0.2, -0.15) is 0 Å². The van der Waals surface area contributed by atoms with E-state index in [1.54, 1.807) is 7.11 Å². The van der Waals surface area contributed by atoms with Crippen molar-refractivity contribution in [3.05, 3.63) is 65.2 Å². The topological polar surface area (TPSA) is 35.5 Å². The number of rotatable bonds is 7. The second-order valence-electron chi connectivity index (χ2n) is 5.28. The monoisotopic (exact) mass is 332 g/mol. The maximum atomic E-state index is 11.1. The van der Waals surface area contributed by atoms with Crippen LogP contribution in [-0.2, 0) is 16.0 Å². The SMILES string of the molecule is COC(=O)CCCc1ccc(C(Cl)c2ccccc2OC)cc1. The van der Waals surface area contributed by atoms with Crippen molar-refractivity contribution in [2.75, 3.05) is 14.2 Å². The molecule has 1 unspecified atom stereocenters. The lowest BCUT2D eigenvalue weighted by Crippen LogP contribution is -2.01. The normalized spacial score (nSPS) is 11.8. The van der Waals surface area contributed by atoms with Crippen LogP contribution in [0.3, 0.4) is 0 Å². The first-order valence-corrected chi connectivity index (χ1v) is 8.02. The highest BCUT2D eigenvalue weighted by molar-refractivity contribution is 6.22. The van der Waals surface area contributed by atoms with Crippen LogP contribution in [-0.4, -0.2) is 20.2 Å². The van der Waals surface area contributed by atoms with Gasteiger partial charge >= 0.3 is 5.97 Å². The van der Waals surface area contributed by atoms with Gasteiger partial charge in [-0.3, -0.25) is 4.79 Å². The Hall–Kier alpha value is -2.00. The Morgan fingerprint density at radius 1 is 1.09 bits per heavy atom. The predicted molar refractivity (Wildman–Crippen MR) is 92.1 cm³/mol. The summed E-state index contributed by atoms with van der Waals surface area (Å²) in [6, 6.07) is 15.9. The molecule has 1 atom stereocenters. The van der Waals surface area contributed by atoms with E-state index in [-0.39, 0.29) is 11.3 Å². The number of benzene rings is 2. The van der Waals surface area contributed by atoms with Crippen molar-refractivity contribution in [1.82, 2.24) is 0 Å². The summed E-state index contributed by atoms with van der Waals surface area (Å²) >= 11 is 6.59. The maximum absolute atomic E-state index is 11.1. The second kappa shape index (κ2) is 8.59. The van der Waals surface area contributed by atoms with Gasteiger partial charge in [0.1, 0.15) is 5.75 Å². The maximum Gasteiger partial charge on any atom is 0.305 e. The smallest absolute Gasteiger partial charge is 0.305 e. The molecule has 2 aromatic rings. The quantitative estimate of drug-likeness (QED) is 0.552. The van der Waals surface area contributed by atoms with Gasteiger partial charge in [-0.05, 0) is 30.0 Å². The Balaban J connectivity index is 2.02. The Kier molecular flexibility index (Phi) is 6.48. The number of ether oxygens (including phenoxy) is 2. The van der Waals surface area contributed by atoms with Crippen molar-refractivity contribution in [2.45, 2.75) is 24.6 Å². The highest BCUT2D eigenvalue weighted by Gasteiger charge is 2.15. The molecule has 3 nitrogen and oxygen atoms in total. The molecular formula is C19H21ClO3. The zero-order chi connectivity index (χ0) is 16.7. The molecule has 122 valence electrons. The first kappa shape index (κ1) is 17.4. The van der Waals surface area contributed by atoms with Crippen LogP contribution in [0.15, 0.2) is 48.5 Å². The van der Waals surface area contributed by atoms with Gasteiger partial charge in [0.2, 0.25) is 0 Å². The van der Waals surface area contributed by atoms with Gasteiger partial charge in [-0.15, -0.1) is 11.6 Å². The summed E-state index contributed by atoms with van der Waals surface area (Å²) in [6.07, 6.45) is 2.07. The van der Waals surface area contributed by atoms with E-state index in [2.05, 4.69) is 16.9 Å². The van der Waals surface area contributed by atoms with E-state index in [1.807, 2.05) is 36.4 Å². The third-order valence-corrected chi connectivity index (χ3v) is 4.25. The van der Waals surface area contributed by atoms with E-state index in [0.717, 1.165) is 29.7 Å². The Labute approximate surface area is 142 Å². The molecular weight excluding hydrogens is 312 g/mol. The first-order chi connectivity index (χ1) is 11.2. The molecule has 0 aromatic heterocycles. The average molecular weight is 333 g/mol. The number of para-hydroxylation sites is 1. The number of halogens is 1. The minimum Gasteiger partial charge on any atom is -0.496 e. The van der Waals surface area contributed by atoms with Crippen LogP contribution >= 0.6 is 11.6 Å². The minimum atomic E-state index is -0.254. The van der Waals surface area contributed by atoms with Crippen molar-refractivity contribution in [3.8, 4) is 5.75 Å². The molecule has 0 bridgehead atoms. The summed E-state index contributed by atoms with van der Waals surface area (Å²) in [7, 11) is 3.06. The average Bonchev–Trinajstić information content (AvgIpc) is 2.61. The van der Waals surface area contributed by atoms with E-state index >= 15 is 0 Å². The molecule has 0 spiro atoms. The molecule has 0 heterocycles. The van der Waals surface area contributed by atoms with Crippen LogP contribution in [0.25, 0.3) is 0 Å². The van der Waals surface area contributed by atoms with Crippen LogP contribution < -0.4 is 4.74 Å². The number of carbonyl (C=O) groups is 1. The number of alkyl halides is 1. The molecule has 0 amide bonds. The molecule has 4 heteroatoms. The van der Waals surface area contributed by atoms with Gasteiger partial charge in [0.05, 0.1) is 19.6 Å². The lowest BCUT2D eigenvalue weighted by atomic mass is 10.0. The van der Waals surface area contributed by atoms with Crippen molar-refractivity contribution in [1.29, 1.82) is 0 Å². The largest absolute Gasteiger partial charge is 0.496 e. The van der Waals surface area contributed by atoms with Gasteiger partial charge < -0.3 is 9.47 Å². The molecule has 0 saturated heterocycles. The highest BCUT2D eigenvalue weighted by atomic mass is 35.5. The van der Waals surface area contributed by atoms with Gasteiger partial charge in [0.25, 0.3) is 0 Å². The van der Waals surface area contributed by atoms with Crippen LogP contribution in [0.2, 0.25) is 0 Å². The second-order valence-corrected chi connectivity index (χ2v) is 5.71. The number of aryl methyl sites for hydroxylation is 1. The molecule has 0 aliphatic rings. The summed E-state index contributed by atoms with van der Waals surface area (Å²) < 4.78 is 10.0. The van der Waals surface area contributed by atoms with E-state index in [9.17, 15) is 4.79 Å². The fourth-order valence-electron chi connectivity index (χ4n) is 2.45. The Morgan fingerprint density at radius 3 is 2.43 bits per heavy atom. The van der Waals surface area contributed by atoms with Crippen molar-refractivity contribution in [2.24, 2.45) is 0 Å². The standard InChI is InChI=1S/C19H21ClO3/c1-22-17-8-4-3-7-16(17)19(20)15-12-10-14(11-13-15)6-5-9-18(21)23-2/h3-4,7-8,10-13,19H,5-6,9H2,1-2H3. The number of hydrogen-bond acceptors (Lipinski definition) is 3. The molecule has 0 fully saturated rings. The number of methoxy groups -OCH3 is 2. The van der Waals surface area contributed by atoms with E-state index in [4.69, 9.17) is 16.3 Å². The van der Waals surface area contributed by atoms with Crippen LogP contribution in [0, 0.1) is 0 Å². The third kappa shape index (κ3) is 4.73. The van der Waals surface area contributed by atoms with Gasteiger partial charge in [-0.25, -0.2) is 0 Å². The summed E-state index contributed by atoms with van der Waals surface area (Å²) in [5, 5.41) is -0.254. The lowest BCUT2D eigenvalue weighted by Gasteiger charge is -2.14. The fraction of sp³-hybridized carbons (Fsp3) is 0.316. The summed E-state index contributed by atoms with van der Waals surface area (Å²) in [6.45, 7) is 0. The molecule has 0 N–H and O–H groups in total. The van der Waals surface area contributed by atoms with Gasteiger partial charge in [0, 0.05) is 12.0 Å². The van der Waals surface area contributed by atoms with Crippen LogP contribution in [0.4, 0.5) is 0 Å². The van der Waals surface area contributed by atoms with Crippen molar-refractivity contribution < 1.29 is 14.3 Å². The molecule has 0 aliphatic heterocycles. The Morgan fingerprint density at radius 2 is 1.78 bits per heavy atom. The van der Waals surface area contributed by atoms with E-state index < -0.39 is 0 Å². The highest BCUT2D eigenvalue weighted by Crippen LogP contribution is 2.34. The van der Waals surface area contributed by atoms with E-state index in [0.29, 0.717) is 6.42 Å². The number of hydrogen-bond donors (Lipinski definition) is 0. The summed E-state index contributed by atoms with van der Waals surface area (Å²) in [5.74, 6) is 0.619. The third-order valence-electron chi connectivity index (χ3n) is 3.76. The molecule has 2 rings (SSSR count). The zero-order valence-corrected chi connectivity index (χ0v) is 14.2. The van der Waals surface area contributed by atoms with Gasteiger partial charge in [-0.1, -0.05) is 42.5 Å². The molecule has 2 aromatic carbocycles. The minimum absolute atomic E-state index is 0.168. The van der Waals surface area contributed by atoms with E-state index in [1.165, 1.54) is 12.7 Å². The molecule has 0 saturated carbocycles. The Bertz CT molecular complexity index is 637. The summed E-state index contributed by atoms with van der Waals surface area (Å²) in [5.41, 5.74) is 3.16. The fourth-order valence-corrected chi connectivity index (χ4v) is 2.77. The van der Waals surface area contributed by atoms with Crippen LogP contribution in [0.1, 0.15) is 34.9 Å². The van der Waals surface area contributed by atoms with Crippen LogP contribution in [0.5, 0.6) is 5.75 Å².